The second kappa shape index (κ2) is 48.8. The van der Waals surface area contributed by atoms with Crippen molar-refractivity contribution in [3.8, 4) is 0 Å². The largest absolute Gasteiger partial charge is 0.481 e. The zero-order chi connectivity index (χ0) is 34.6. The average molecular weight is 657 g/mol. The van der Waals surface area contributed by atoms with Crippen molar-refractivity contribution < 1.29 is 20.1 Å². The van der Waals surface area contributed by atoms with E-state index >= 15 is 0 Å². The average Bonchev–Trinajstić information content (AvgIpc) is 3.06. The molecule has 0 aromatic rings. The van der Waals surface area contributed by atoms with Crippen LogP contribution in [0.1, 0.15) is 246 Å². The van der Waals surface area contributed by atoms with Gasteiger partial charge in [0.1, 0.15) is 0 Å². The van der Waals surface area contributed by atoms with Gasteiger partial charge in [-0.25, -0.2) is 0 Å². The van der Waals surface area contributed by atoms with Gasteiger partial charge in [-0.05, 0) is 25.7 Å². The van der Waals surface area contributed by atoms with Gasteiger partial charge in [-0.1, -0.05) is 220 Å². The van der Waals surface area contributed by atoms with Crippen LogP contribution >= 0.6 is 0 Å². The zero-order valence-electron chi connectivity index (χ0n) is 32.3. The van der Waals surface area contributed by atoms with Crippen molar-refractivity contribution in [2.75, 3.05) is 13.2 Å². The van der Waals surface area contributed by atoms with Gasteiger partial charge in [0.25, 0.3) is 0 Å². The molecule has 0 heterocycles. The van der Waals surface area contributed by atoms with Crippen LogP contribution in [0.2, 0.25) is 0 Å². The second-order valence-electron chi connectivity index (χ2n) is 13.9. The molecular weight excluding hydrogens is 568 g/mol. The van der Waals surface area contributed by atoms with E-state index < -0.39 is 5.97 Å². The lowest BCUT2D eigenvalue weighted by Crippen LogP contribution is -2.11. The van der Waals surface area contributed by atoms with Crippen molar-refractivity contribution in [2.24, 2.45) is 5.92 Å². The first-order valence-corrected chi connectivity index (χ1v) is 21.0. The minimum atomic E-state index is -0.643. The second-order valence-corrected chi connectivity index (χ2v) is 13.9. The van der Waals surface area contributed by atoms with Crippen LogP contribution in [-0.4, -0.2) is 34.5 Å². The lowest BCUT2D eigenvalue weighted by atomic mass is 10.00. The van der Waals surface area contributed by atoms with Crippen molar-refractivity contribution in [1.29, 1.82) is 0 Å². The molecule has 0 rings (SSSR count). The predicted molar refractivity (Wildman–Crippen MR) is 205 cm³/mol. The van der Waals surface area contributed by atoms with Gasteiger partial charge >= 0.3 is 5.97 Å². The van der Waals surface area contributed by atoms with E-state index in [9.17, 15) is 4.79 Å². The monoisotopic (exact) mass is 657 g/mol. The van der Waals surface area contributed by atoms with Crippen LogP contribution in [0.5, 0.6) is 0 Å². The molecule has 0 saturated heterocycles. The van der Waals surface area contributed by atoms with Crippen LogP contribution in [0.25, 0.3) is 0 Å². The van der Waals surface area contributed by atoms with Crippen molar-refractivity contribution in [2.45, 2.75) is 246 Å². The Hall–Kier alpha value is -0.610. The molecule has 4 nitrogen and oxygen atoms in total. The number of aliphatic hydroxyl groups is 2. The molecule has 1 atom stereocenters. The van der Waals surface area contributed by atoms with Crippen LogP contribution < -0.4 is 0 Å². The van der Waals surface area contributed by atoms with Crippen LogP contribution in [-0.2, 0) is 4.79 Å². The number of hydrogen-bond donors (Lipinski definition) is 3. The van der Waals surface area contributed by atoms with E-state index in [0.29, 0.717) is 13.2 Å². The highest BCUT2D eigenvalue weighted by Crippen LogP contribution is 2.15. The first kappa shape index (κ1) is 49.8. The molecule has 0 spiro atoms. The third-order valence-electron chi connectivity index (χ3n) is 9.27. The maximum Gasteiger partial charge on any atom is 0.306 e. The summed E-state index contributed by atoms with van der Waals surface area (Å²) < 4.78 is 0. The Balaban J connectivity index is -0.000000631. The van der Waals surface area contributed by atoms with E-state index in [1.165, 1.54) is 180 Å². The summed E-state index contributed by atoms with van der Waals surface area (Å²) in [6.45, 7) is 9.31. The van der Waals surface area contributed by atoms with Gasteiger partial charge in [-0.3, -0.25) is 4.79 Å². The highest BCUT2D eigenvalue weighted by atomic mass is 16.4. The Morgan fingerprint density at radius 3 is 0.761 bits per heavy atom. The van der Waals surface area contributed by atoms with E-state index in [1.807, 2.05) is 6.92 Å². The first-order chi connectivity index (χ1) is 22.5. The molecule has 1 unspecified atom stereocenters. The van der Waals surface area contributed by atoms with Crippen LogP contribution in [0, 0.1) is 5.92 Å². The van der Waals surface area contributed by atoms with Gasteiger partial charge in [0.15, 0.2) is 0 Å². The van der Waals surface area contributed by atoms with Crippen molar-refractivity contribution in [1.82, 2.24) is 0 Å². The minimum absolute atomic E-state index is 0.111. The van der Waals surface area contributed by atoms with E-state index in [2.05, 4.69) is 20.8 Å². The summed E-state index contributed by atoms with van der Waals surface area (Å²) in [7, 11) is 0. The predicted octanol–water partition coefficient (Wildman–Crippen LogP) is 14.0. The Morgan fingerprint density at radius 1 is 0.370 bits per heavy atom. The highest BCUT2D eigenvalue weighted by molar-refractivity contribution is 5.69. The van der Waals surface area contributed by atoms with Crippen molar-refractivity contribution in [3.63, 3.8) is 0 Å². The van der Waals surface area contributed by atoms with Crippen LogP contribution in [0.15, 0.2) is 0 Å². The molecule has 0 saturated carbocycles. The standard InChI is InChI=1S/C18H38O.C16H34O.C8H16O2/c1-2-3-4-5-6-7-8-9-10-11-12-13-14-15-16-17-18-19;1-2-3-4-5-6-7-8-9-10-11-12-13-14-15-16-17;1-3-5-6-7(4-2)8(9)10/h19H,2-18H2,1H3;17H,2-16H2,1H3;7H,3-6H2,1-2H3,(H,9,10). The normalized spacial score (nSPS) is 11.4. The molecule has 0 aliphatic carbocycles. The van der Waals surface area contributed by atoms with Crippen molar-refractivity contribution in [3.05, 3.63) is 0 Å². The molecule has 0 aliphatic rings. The number of rotatable bonds is 35. The maximum atomic E-state index is 10.4. The number of aliphatic hydroxyl groups excluding tert-OH is 2. The molecule has 0 radical (unpaired) electrons. The summed E-state index contributed by atoms with van der Waals surface area (Å²) in [6, 6.07) is 0. The number of aliphatic carboxylic acids is 1. The molecule has 0 bridgehead atoms. The molecule has 0 aromatic heterocycles. The third kappa shape index (κ3) is 50.3. The van der Waals surface area contributed by atoms with E-state index in [1.54, 1.807) is 0 Å². The summed E-state index contributed by atoms with van der Waals surface area (Å²) in [5.74, 6) is -0.754. The van der Waals surface area contributed by atoms with Crippen LogP contribution in [0.4, 0.5) is 0 Å². The summed E-state index contributed by atoms with van der Waals surface area (Å²) in [4.78, 5) is 10.4. The maximum absolute atomic E-state index is 10.4. The molecule has 0 amide bonds. The lowest BCUT2D eigenvalue weighted by molar-refractivity contribution is -0.142. The number of carboxylic acid groups (broad SMARTS) is 1. The molecule has 3 N–H and O–H groups in total. The molecule has 0 aliphatic heterocycles. The zero-order valence-corrected chi connectivity index (χ0v) is 32.3. The van der Waals surface area contributed by atoms with Gasteiger partial charge in [0.05, 0.1) is 5.92 Å². The highest BCUT2D eigenvalue weighted by Gasteiger charge is 2.12. The summed E-state index contributed by atoms with van der Waals surface area (Å²) in [5, 5.41) is 25.9. The minimum Gasteiger partial charge on any atom is -0.481 e. The van der Waals surface area contributed by atoms with Gasteiger partial charge in [-0.15, -0.1) is 0 Å². The molecule has 0 fully saturated rings. The van der Waals surface area contributed by atoms with Gasteiger partial charge in [-0.2, -0.15) is 0 Å². The molecule has 46 heavy (non-hydrogen) atoms. The van der Waals surface area contributed by atoms with E-state index in [-0.39, 0.29) is 5.92 Å². The molecule has 0 aromatic carbocycles. The molecule has 280 valence electrons. The molecular formula is C42H88O4. The first-order valence-electron chi connectivity index (χ1n) is 21.0. The Morgan fingerprint density at radius 2 is 0.587 bits per heavy atom. The van der Waals surface area contributed by atoms with Gasteiger partial charge in [0, 0.05) is 13.2 Å². The molecule has 4 heteroatoms. The summed E-state index contributed by atoms with van der Waals surface area (Å²) in [5.41, 5.74) is 0. The number of carboxylic acids is 1. The third-order valence-corrected chi connectivity index (χ3v) is 9.27. The summed E-state index contributed by atoms with van der Waals surface area (Å²) >= 11 is 0. The quantitative estimate of drug-likeness (QED) is 0.0593. The summed E-state index contributed by atoms with van der Waals surface area (Å²) in [6.07, 6.45) is 45.1. The van der Waals surface area contributed by atoms with Crippen molar-refractivity contribution >= 4 is 5.97 Å². The fourth-order valence-electron chi connectivity index (χ4n) is 5.92. The van der Waals surface area contributed by atoms with Gasteiger partial charge in [0.2, 0.25) is 0 Å². The Bertz CT molecular complexity index is 480. The smallest absolute Gasteiger partial charge is 0.306 e. The van der Waals surface area contributed by atoms with Crippen LogP contribution in [0.3, 0.4) is 0 Å². The van der Waals surface area contributed by atoms with E-state index in [4.69, 9.17) is 15.3 Å². The SMILES string of the molecule is CCCCC(CC)C(=O)O.CCCCCCCCCCCCCCCCCCO.CCCCCCCCCCCCCCCCO. The lowest BCUT2D eigenvalue weighted by Gasteiger charge is -2.06. The van der Waals surface area contributed by atoms with E-state index in [0.717, 1.165) is 38.5 Å². The number of unbranched alkanes of at least 4 members (excludes halogenated alkanes) is 29. The topological polar surface area (TPSA) is 77.8 Å². The Labute approximate surface area is 290 Å². The fourth-order valence-corrected chi connectivity index (χ4v) is 5.92. The Kier molecular flexibility index (Phi) is 52.8. The number of hydrogen-bond acceptors (Lipinski definition) is 3. The number of carbonyl (C=O) groups is 1. The van der Waals surface area contributed by atoms with Gasteiger partial charge < -0.3 is 15.3 Å². The fraction of sp³-hybridized carbons (Fsp3) is 0.976.